The first kappa shape index (κ1) is 15.5. The number of ether oxygens (including phenoxy) is 1. The lowest BCUT2D eigenvalue weighted by molar-refractivity contribution is -0.145. The summed E-state index contributed by atoms with van der Waals surface area (Å²) in [6.07, 6.45) is 4.37. The van der Waals surface area contributed by atoms with Crippen molar-refractivity contribution in [1.82, 2.24) is 9.97 Å². The highest BCUT2D eigenvalue weighted by Gasteiger charge is 2.19. The Balaban J connectivity index is 2.82. The number of carbonyl (C=O) groups is 1. The molecule has 4 nitrogen and oxygen atoms in total. The minimum Gasteiger partial charge on any atom is -0.453 e. The number of nitrogens with one attached hydrogen (secondary N) is 1. The highest BCUT2D eigenvalue weighted by molar-refractivity contribution is 5.87. The molecule has 0 saturated carbocycles. The van der Waals surface area contributed by atoms with Gasteiger partial charge in [0.15, 0.2) is 0 Å². The van der Waals surface area contributed by atoms with E-state index in [1.807, 2.05) is 0 Å². The van der Waals surface area contributed by atoms with Crippen LogP contribution < -0.4 is 0 Å². The van der Waals surface area contributed by atoms with Gasteiger partial charge in [0.05, 0.1) is 11.9 Å². The summed E-state index contributed by atoms with van der Waals surface area (Å²) in [6.45, 7) is 11.5. The monoisotopic (exact) mass is 264 g/mol. The molecule has 0 fully saturated rings. The predicted octanol–water partition coefficient (Wildman–Crippen LogP) is 3.88. The summed E-state index contributed by atoms with van der Waals surface area (Å²) in [5.41, 5.74) is 1.29. The molecule has 1 aromatic rings. The van der Waals surface area contributed by atoms with E-state index in [9.17, 15) is 4.79 Å². The Bertz CT molecular complexity index is 435. The van der Waals surface area contributed by atoms with Gasteiger partial charge in [-0.1, -0.05) is 33.8 Å². The first-order valence-corrected chi connectivity index (χ1v) is 6.87. The van der Waals surface area contributed by atoms with Crippen molar-refractivity contribution in [2.75, 3.05) is 0 Å². The topological polar surface area (TPSA) is 55.0 Å². The van der Waals surface area contributed by atoms with Crippen molar-refractivity contribution in [2.45, 2.75) is 59.0 Å². The van der Waals surface area contributed by atoms with Gasteiger partial charge in [0, 0.05) is 11.5 Å². The van der Waals surface area contributed by atoms with Gasteiger partial charge in [-0.05, 0) is 19.8 Å². The summed E-state index contributed by atoms with van der Waals surface area (Å²) in [7, 11) is 0. The molecule has 4 heteroatoms. The van der Waals surface area contributed by atoms with E-state index in [-0.39, 0.29) is 12.1 Å². The van der Waals surface area contributed by atoms with Gasteiger partial charge in [0.1, 0.15) is 11.9 Å². The Morgan fingerprint density at radius 1 is 1.53 bits per heavy atom. The van der Waals surface area contributed by atoms with Crippen LogP contribution in [0.15, 0.2) is 18.3 Å². The van der Waals surface area contributed by atoms with Crippen LogP contribution in [0.4, 0.5) is 0 Å². The summed E-state index contributed by atoms with van der Waals surface area (Å²) in [5.74, 6) is 0.905. The molecule has 1 heterocycles. The lowest BCUT2D eigenvalue weighted by atomic mass is 10.1. The van der Waals surface area contributed by atoms with Crippen molar-refractivity contribution in [3.05, 3.63) is 29.9 Å². The van der Waals surface area contributed by atoms with E-state index >= 15 is 0 Å². The number of nitrogens with zero attached hydrogens (tertiary/aromatic N) is 1. The molecule has 0 spiro atoms. The Hall–Kier alpha value is -1.58. The number of hydrogen-bond acceptors (Lipinski definition) is 3. The number of imidazole rings is 1. The van der Waals surface area contributed by atoms with Crippen LogP contribution in [0, 0.1) is 0 Å². The van der Waals surface area contributed by atoms with E-state index in [0.717, 1.165) is 30.8 Å². The van der Waals surface area contributed by atoms with Gasteiger partial charge in [-0.15, -0.1) is 0 Å². The molecule has 0 amide bonds. The maximum absolute atomic E-state index is 11.7. The molecule has 0 radical (unpaired) electrons. The second-order valence-electron chi connectivity index (χ2n) is 5.19. The fraction of sp³-hybridized carbons (Fsp3) is 0.600. The highest BCUT2D eigenvalue weighted by Crippen LogP contribution is 2.24. The molecule has 0 aliphatic rings. The van der Waals surface area contributed by atoms with Crippen molar-refractivity contribution in [1.29, 1.82) is 0 Å². The molecule has 1 unspecified atom stereocenters. The van der Waals surface area contributed by atoms with Crippen LogP contribution in [0.25, 0.3) is 0 Å². The van der Waals surface area contributed by atoms with Gasteiger partial charge < -0.3 is 9.72 Å². The first-order valence-electron chi connectivity index (χ1n) is 6.87. The molecule has 1 N–H and O–H groups in total. The Morgan fingerprint density at radius 2 is 2.21 bits per heavy atom. The normalized spacial score (nSPS) is 12.5. The molecular weight excluding hydrogens is 240 g/mol. The SMILES string of the molecule is C=C(C)C(=O)OC(CCCC)c1cnc(C(C)C)[nH]1. The third-order valence-corrected chi connectivity index (χ3v) is 2.93. The molecule has 0 aliphatic heterocycles. The summed E-state index contributed by atoms with van der Waals surface area (Å²) in [6, 6.07) is 0. The molecule has 0 aromatic carbocycles. The van der Waals surface area contributed by atoms with E-state index in [1.165, 1.54) is 0 Å². The second-order valence-corrected chi connectivity index (χ2v) is 5.19. The predicted molar refractivity (Wildman–Crippen MR) is 75.8 cm³/mol. The lowest BCUT2D eigenvalue weighted by Crippen LogP contribution is -2.12. The largest absolute Gasteiger partial charge is 0.453 e. The number of rotatable bonds is 7. The molecule has 0 bridgehead atoms. The molecular formula is C15H24N2O2. The van der Waals surface area contributed by atoms with Gasteiger partial charge in [0.2, 0.25) is 0 Å². The van der Waals surface area contributed by atoms with E-state index in [1.54, 1.807) is 13.1 Å². The van der Waals surface area contributed by atoms with Gasteiger partial charge in [-0.3, -0.25) is 0 Å². The van der Waals surface area contributed by atoms with Crippen molar-refractivity contribution in [3.8, 4) is 0 Å². The van der Waals surface area contributed by atoms with Crippen molar-refractivity contribution in [2.24, 2.45) is 0 Å². The Morgan fingerprint density at radius 3 is 2.68 bits per heavy atom. The van der Waals surface area contributed by atoms with Crippen LogP contribution in [0.5, 0.6) is 0 Å². The Labute approximate surface area is 115 Å². The fourth-order valence-electron chi connectivity index (χ4n) is 1.71. The third kappa shape index (κ3) is 4.54. The summed E-state index contributed by atoms with van der Waals surface area (Å²) >= 11 is 0. The minimum atomic E-state index is -0.346. The molecule has 0 aliphatic carbocycles. The van der Waals surface area contributed by atoms with Crippen molar-refractivity contribution in [3.63, 3.8) is 0 Å². The second kappa shape index (κ2) is 7.12. The quantitative estimate of drug-likeness (QED) is 0.600. The average Bonchev–Trinajstić information content (AvgIpc) is 2.83. The number of H-pyrrole nitrogens is 1. The number of esters is 1. The van der Waals surface area contributed by atoms with Crippen LogP contribution in [-0.2, 0) is 9.53 Å². The van der Waals surface area contributed by atoms with Crippen molar-refractivity contribution < 1.29 is 9.53 Å². The highest BCUT2D eigenvalue weighted by atomic mass is 16.5. The summed E-state index contributed by atoms with van der Waals surface area (Å²) < 4.78 is 5.48. The Kier molecular flexibility index (Phi) is 5.80. The van der Waals surface area contributed by atoms with E-state index in [0.29, 0.717) is 11.5 Å². The number of carbonyl (C=O) groups excluding carboxylic acids is 1. The summed E-state index contributed by atoms with van der Waals surface area (Å²) in [5, 5.41) is 0. The standard InChI is InChI=1S/C15H24N2O2/c1-6-7-8-13(19-15(18)11(4)5)12-9-16-14(17-12)10(2)3/h9-10,13H,4,6-8H2,1-3,5H3,(H,16,17). The van der Waals surface area contributed by atoms with E-state index in [4.69, 9.17) is 4.74 Å². The maximum atomic E-state index is 11.7. The summed E-state index contributed by atoms with van der Waals surface area (Å²) in [4.78, 5) is 19.2. The van der Waals surface area contributed by atoms with Gasteiger partial charge in [0.25, 0.3) is 0 Å². The zero-order chi connectivity index (χ0) is 14.4. The number of aromatic nitrogens is 2. The van der Waals surface area contributed by atoms with E-state index in [2.05, 4.69) is 37.3 Å². The fourth-order valence-corrected chi connectivity index (χ4v) is 1.71. The minimum absolute atomic E-state index is 0.260. The van der Waals surface area contributed by atoms with Gasteiger partial charge in [-0.25, -0.2) is 9.78 Å². The maximum Gasteiger partial charge on any atom is 0.333 e. The zero-order valence-electron chi connectivity index (χ0n) is 12.3. The van der Waals surface area contributed by atoms with Crippen molar-refractivity contribution >= 4 is 5.97 Å². The molecule has 19 heavy (non-hydrogen) atoms. The molecule has 106 valence electrons. The van der Waals surface area contributed by atoms with Gasteiger partial charge >= 0.3 is 5.97 Å². The average molecular weight is 264 g/mol. The van der Waals surface area contributed by atoms with Crippen LogP contribution in [0.2, 0.25) is 0 Å². The van der Waals surface area contributed by atoms with Crippen LogP contribution >= 0.6 is 0 Å². The van der Waals surface area contributed by atoms with Gasteiger partial charge in [-0.2, -0.15) is 0 Å². The number of aromatic amines is 1. The molecule has 1 atom stereocenters. The molecule has 0 saturated heterocycles. The first-order chi connectivity index (χ1) is 8.95. The molecule has 1 aromatic heterocycles. The van der Waals surface area contributed by atoms with Crippen LogP contribution in [-0.4, -0.2) is 15.9 Å². The van der Waals surface area contributed by atoms with Crippen LogP contribution in [0.1, 0.15) is 70.5 Å². The molecule has 1 rings (SSSR count). The zero-order valence-corrected chi connectivity index (χ0v) is 12.3. The lowest BCUT2D eigenvalue weighted by Gasteiger charge is -2.16. The van der Waals surface area contributed by atoms with E-state index < -0.39 is 0 Å². The smallest absolute Gasteiger partial charge is 0.333 e. The number of unbranched alkanes of at least 4 members (excludes halogenated alkanes) is 1. The number of hydrogen-bond donors (Lipinski definition) is 1. The van der Waals surface area contributed by atoms with Crippen LogP contribution in [0.3, 0.4) is 0 Å². The third-order valence-electron chi connectivity index (χ3n) is 2.93.